The van der Waals surface area contributed by atoms with Gasteiger partial charge in [0.2, 0.25) is 0 Å². The van der Waals surface area contributed by atoms with Crippen molar-refractivity contribution in [2.75, 3.05) is 0 Å². The van der Waals surface area contributed by atoms with Crippen LogP contribution in [0, 0.1) is 17.3 Å². The Hall–Kier alpha value is -1.06. The van der Waals surface area contributed by atoms with Crippen LogP contribution in [0.1, 0.15) is 57.8 Å². The third-order valence-corrected chi connectivity index (χ3v) is 4.95. The van der Waals surface area contributed by atoms with Crippen LogP contribution in [0.3, 0.4) is 0 Å². The highest BCUT2D eigenvalue weighted by atomic mass is 16.4. The maximum absolute atomic E-state index is 11.8. The molecule has 0 radical (unpaired) electrons. The summed E-state index contributed by atoms with van der Waals surface area (Å²) in [5.41, 5.74) is -0.762. The summed E-state index contributed by atoms with van der Waals surface area (Å²) < 4.78 is 0. The minimum absolute atomic E-state index is 0.186. The van der Waals surface area contributed by atoms with E-state index in [4.69, 9.17) is 5.11 Å². The smallest absolute Gasteiger partial charge is 0.309 e. The van der Waals surface area contributed by atoms with E-state index in [9.17, 15) is 14.7 Å². The van der Waals surface area contributed by atoms with E-state index < -0.39 is 23.3 Å². The summed E-state index contributed by atoms with van der Waals surface area (Å²) in [5, 5.41) is 18.8. The van der Waals surface area contributed by atoms with Gasteiger partial charge in [-0.1, -0.05) is 25.7 Å². The maximum atomic E-state index is 11.8. The van der Waals surface area contributed by atoms with Gasteiger partial charge in [-0.25, -0.2) is 0 Å². The van der Waals surface area contributed by atoms with Gasteiger partial charge in [0.05, 0.1) is 11.3 Å². The molecular weight excluding hydrogens is 232 g/mol. The Balaban J connectivity index is 2.19. The second-order valence-corrected chi connectivity index (χ2v) is 5.93. The van der Waals surface area contributed by atoms with Crippen LogP contribution < -0.4 is 0 Å². The first-order chi connectivity index (χ1) is 8.56. The fourth-order valence-corrected chi connectivity index (χ4v) is 3.91. The van der Waals surface area contributed by atoms with Gasteiger partial charge in [0, 0.05) is 0 Å². The third kappa shape index (κ3) is 2.38. The standard InChI is InChI=1S/C14H22O4/c15-12(16)10-5-4-8-14(9-10,13(17)18)11-6-2-1-3-7-11/h10-11H,1-9H2,(H,15,16)(H,17,18). The predicted molar refractivity (Wildman–Crippen MR) is 66.2 cm³/mol. The Kier molecular flexibility index (Phi) is 3.93. The monoisotopic (exact) mass is 254 g/mol. The van der Waals surface area contributed by atoms with Crippen molar-refractivity contribution in [1.29, 1.82) is 0 Å². The summed E-state index contributed by atoms with van der Waals surface area (Å²) >= 11 is 0. The van der Waals surface area contributed by atoms with E-state index in [1.54, 1.807) is 0 Å². The van der Waals surface area contributed by atoms with E-state index in [1.165, 1.54) is 6.42 Å². The molecule has 4 heteroatoms. The van der Waals surface area contributed by atoms with Crippen LogP contribution in [-0.2, 0) is 9.59 Å². The molecule has 0 aromatic rings. The molecule has 18 heavy (non-hydrogen) atoms. The van der Waals surface area contributed by atoms with E-state index in [0.29, 0.717) is 19.3 Å². The van der Waals surface area contributed by atoms with Crippen molar-refractivity contribution in [3.63, 3.8) is 0 Å². The van der Waals surface area contributed by atoms with Crippen LogP contribution in [-0.4, -0.2) is 22.2 Å². The topological polar surface area (TPSA) is 74.6 Å². The number of carboxylic acids is 2. The molecule has 0 amide bonds. The molecule has 0 saturated heterocycles. The van der Waals surface area contributed by atoms with Crippen molar-refractivity contribution < 1.29 is 19.8 Å². The lowest BCUT2D eigenvalue weighted by Crippen LogP contribution is -2.45. The van der Waals surface area contributed by atoms with E-state index >= 15 is 0 Å². The number of carbonyl (C=O) groups is 2. The van der Waals surface area contributed by atoms with Gasteiger partial charge in [0.15, 0.2) is 0 Å². The number of aliphatic carboxylic acids is 2. The summed E-state index contributed by atoms with van der Waals surface area (Å²) in [6, 6.07) is 0. The molecule has 0 aliphatic heterocycles. The maximum Gasteiger partial charge on any atom is 0.309 e. The van der Waals surface area contributed by atoms with Crippen LogP contribution in [0.15, 0.2) is 0 Å². The highest BCUT2D eigenvalue weighted by Gasteiger charge is 2.49. The molecule has 0 heterocycles. The lowest BCUT2D eigenvalue weighted by molar-refractivity contribution is -0.161. The van der Waals surface area contributed by atoms with Gasteiger partial charge in [-0.15, -0.1) is 0 Å². The molecule has 2 N–H and O–H groups in total. The van der Waals surface area contributed by atoms with Crippen LogP contribution in [0.25, 0.3) is 0 Å². The molecule has 2 aliphatic rings. The van der Waals surface area contributed by atoms with Crippen molar-refractivity contribution in [2.45, 2.75) is 57.8 Å². The molecular formula is C14H22O4. The van der Waals surface area contributed by atoms with Gasteiger partial charge in [-0.3, -0.25) is 9.59 Å². The fraction of sp³-hybridized carbons (Fsp3) is 0.857. The fourth-order valence-electron chi connectivity index (χ4n) is 3.91. The predicted octanol–water partition coefficient (Wildman–Crippen LogP) is 2.91. The van der Waals surface area contributed by atoms with Crippen molar-refractivity contribution >= 4 is 11.9 Å². The molecule has 2 saturated carbocycles. The molecule has 2 fully saturated rings. The summed E-state index contributed by atoms with van der Waals surface area (Å²) in [6.07, 6.45) is 7.66. The molecule has 2 aliphatic carbocycles. The number of hydrogen-bond acceptors (Lipinski definition) is 2. The summed E-state index contributed by atoms with van der Waals surface area (Å²) in [5.74, 6) is -1.86. The number of hydrogen-bond donors (Lipinski definition) is 2. The Labute approximate surface area is 107 Å². The molecule has 2 unspecified atom stereocenters. The minimum atomic E-state index is -0.823. The summed E-state index contributed by atoms with van der Waals surface area (Å²) in [4.78, 5) is 22.9. The highest BCUT2D eigenvalue weighted by Crippen LogP contribution is 2.50. The number of carboxylic acid groups (broad SMARTS) is 2. The Morgan fingerprint density at radius 3 is 2.17 bits per heavy atom. The number of rotatable bonds is 3. The molecule has 2 rings (SSSR count). The molecule has 0 aromatic carbocycles. The van der Waals surface area contributed by atoms with Gasteiger partial charge in [0.1, 0.15) is 0 Å². The SMILES string of the molecule is O=C(O)C1CCCC(C(=O)O)(C2CCCCC2)C1. The van der Waals surface area contributed by atoms with E-state index in [2.05, 4.69) is 0 Å². The molecule has 2 atom stereocenters. The first kappa shape index (κ1) is 13.4. The molecule has 0 spiro atoms. The van der Waals surface area contributed by atoms with Crippen molar-refractivity contribution in [2.24, 2.45) is 17.3 Å². The lowest BCUT2D eigenvalue weighted by Gasteiger charge is -2.43. The molecule has 4 nitrogen and oxygen atoms in total. The van der Waals surface area contributed by atoms with Crippen LogP contribution in [0.5, 0.6) is 0 Å². The van der Waals surface area contributed by atoms with Crippen LogP contribution >= 0.6 is 0 Å². The zero-order valence-electron chi connectivity index (χ0n) is 10.7. The largest absolute Gasteiger partial charge is 0.481 e. The summed E-state index contributed by atoms with van der Waals surface area (Å²) in [6.45, 7) is 0. The van der Waals surface area contributed by atoms with E-state index in [1.807, 2.05) is 0 Å². The molecule has 102 valence electrons. The molecule has 0 bridgehead atoms. The van der Waals surface area contributed by atoms with E-state index in [-0.39, 0.29) is 5.92 Å². The average molecular weight is 254 g/mol. The lowest BCUT2D eigenvalue weighted by atomic mass is 9.59. The Morgan fingerprint density at radius 1 is 0.944 bits per heavy atom. The van der Waals surface area contributed by atoms with Gasteiger partial charge >= 0.3 is 11.9 Å². The first-order valence-electron chi connectivity index (χ1n) is 7.02. The van der Waals surface area contributed by atoms with Gasteiger partial charge in [-0.2, -0.15) is 0 Å². The van der Waals surface area contributed by atoms with Crippen LogP contribution in [0.2, 0.25) is 0 Å². The average Bonchev–Trinajstić information content (AvgIpc) is 2.39. The second-order valence-electron chi connectivity index (χ2n) is 5.93. The van der Waals surface area contributed by atoms with Gasteiger partial charge in [0.25, 0.3) is 0 Å². The van der Waals surface area contributed by atoms with Crippen molar-refractivity contribution in [1.82, 2.24) is 0 Å². The van der Waals surface area contributed by atoms with Gasteiger partial charge < -0.3 is 10.2 Å². The summed E-state index contributed by atoms with van der Waals surface area (Å²) in [7, 11) is 0. The highest BCUT2D eigenvalue weighted by molar-refractivity contribution is 5.78. The third-order valence-electron chi connectivity index (χ3n) is 4.95. The Bertz CT molecular complexity index is 333. The normalized spacial score (nSPS) is 34.1. The molecule has 0 aromatic heterocycles. The Morgan fingerprint density at radius 2 is 1.61 bits per heavy atom. The zero-order chi connectivity index (χ0) is 13.2. The quantitative estimate of drug-likeness (QED) is 0.812. The van der Waals surface area contributed by atoms with Gasteiger partial charge in [-0.05, 0) is 38.0 Å². The first-order valence-corrected chi connectivity index (χ1v) is 7.02. The van der Waals surface area contributed by atoms with Crippen molar-refractivity contribution in [3.8, 4) is 0 Å². The van der Waals surface area contributed by atoms with E-state index in [0.717, 1.165) is 32.1 Å². The second kappa shape index (κ2) is 5.29. The zero-order valence-corrected chi connectivity index (χ0v) is 10.7. The minimum Gasteiger partial charge on any atom is -0.481 e. The van der Waals surface area contributed by atoms with Crippen molar-refractivity contribution in [3.05, 3.63) is 0 Å². The van der Waals surface area contributed by atoms with Crippen LogP contribution in [0.4, 0.5) is 0 Å².